The van der Waals surface area contributed by atoms with E-state index >= 15 is 0 Å². The second kappa shape index (κ2) is 9.90. The van der Waals surface area contributed by atoms with Crippen LogP contribution >= 0.6 is 0 Å². The van der Waals surface area contributed by atoms with Crippen molar-refractivity contribution in [2.45, 2.75) is 70.4 Å². The molecule has 1 N–H and O–H groups in total. The molecule has 1 amide bonds. The lowest BCUT2D eigenvalue weighted by molar-refractivity contribution is -0.385. The van der Waals surface area contributed by atoms with Gasteiger partial charge in [-0.3, -0.25) is 10.1 Å². The molecule has 1 aromatic rings. The molecule has 0 unspecified atom stereocenters. The fourth-order valence-electron chi connectivity index (χ4n) is 3.12. The average molecular weight is 334 g/mol. The second-order valence-electron chi connectivity index (χ2n) is 6.36. The molecule has 1 aromatic carbocycles. The molecule has 0 heterocycles. The third kappa shape index (κ3) is 6.18. The van der Waals surface area contributed by atoms with Crippen LogP contribution in [0.4, 0.5) is 10.5 Å². The van der Waals surface area contributed by atoms with Crippen LogP contribution in [0.2, 0.25) is 0 Å². The van der Waals surface area contributed by atoms with Gasteiger partial charge in [0, 0.05) is 12.1 Å². The maximum Gasteiger partial charge on any atom is 0.407 e. The summed E-state index contributed by atoms with van der Waals surface area (Å²) >= 11 is 0. The molecule has 0 aliphatic heterocycles. The van der Waals surface area contributed by atoms with Gasteiger partial charge in [-0.15, -0.1) is 0 Å². The lowest BCUT2D eigenvalue weighted by atomic mass is 9.97. The highest BCUT2D eigenvalue weighted by Gasteiger charge is 2.17. The lowest BCUT2D eigenvalue weighted by Crippen LogP contribution is -2.35. The summed E-state index contributed by atoms with van der Waals surface area (Å²) in [6.45, 7) is -0.0876. The zero-order valence-corrected chi connectivity index (χ0v) is 14.0. The number of alkyl carbamates (subject to hydrolysis) is 1. The maximum atomic E-state index is 12.0. The van der Waals surface area contributed by atoms with Crippen LogP contribution in [0.5, 0.6) is 0 Å². The summed E-state index contributed by atoms with van der Waals surface area (Å²) in [6.07, 6.45) is 9.98. The molecule has 6 nitrogen and oxygen atoms in total. The number of nitro groups is 1. The van der Waals surface area contributed by atoms with Crippen molar-refractivity contribution in [2.75, 3.05) is 0 Å². The molecule has 6 heteroatoms. The molecular formula is C18H26N2O4. The largest absolute Gasteiger partial charge is 0.444 e. The summed E-state index contributed by atoms with van der Waals surface area (Å²) in [7, 11) is 0. The Labute approximate surface area is 142 Å². The summed E-state index contributed by atoms with van der Waals surface area (Å²) in [4.78, 5) is 22.5. The molecule has 0 spiro atoms. The van der Waals surface area contributed by atoms with E-state index in [2.05, 4.69) is 5.32 Å². The molecule has 24 heavy (non-hydrogen) atoms. The molecule has 2 rings (SSSR count). The van der Waals surface area contributed by atoms with E-state index in [1.54, 1.807) is 18.2 Å². The topological polar surface area (TPSA) is 81.5 Å². The van der Waals surface area contributed by atoms with E-state index in [9.17, 15) is 14.9 Å². The quantitative estimate of drug-likeness (QED) is 0.638. The standard InChI is InChI=1S/C18H26N2O4/c21-18(19-16-11-6-4-2-1-3-5-7-12-16)24-14-15-10-8-9-13-17(15)20(22)23/h8-10,13,16H,1-7,11-12,14H2,(H,19,21). The van der Waals surface area contributed by atoms with Crippen molar-refractivity contribution in [3.63, 3.8) is 0 Å². The predicted molar refractivity (Wildman–Crippen MR) is 91.8 cm³/mol. The number of para-hydroxylation sites is 1. The number of ether oxygens (including phenoxy) is 1. The van der Waals surface area contributed by atoms with Gasteiger partial charge in [0.25, 0.3) is 5.69 Å². The molecule has 132 valence electrons. The molecule has 0 aromatic heterocycles. The fourth-order valence-corrected chi connectivity index (χ4v) is 3.12. The van der Waals surface area contributed by atoms with Gasteiger partial charge in [-0.25, -0.2) is 4.79 Å². The number of amides is 1. The highest BCUT2D eigenvalue weighted by atomic mass is 16.6. The first-order chi connectivity index (χ1) is 11.7. The number of hydrogen-bond acceptors (Lipinski definition) is 4. The third-order valence-electron chi connectivity index (χ3n) is 4.47. The van der Waals surface area contributed by atoms with Gasteiger partial charge in [-0.1, -0.05) is 57.1 Å². The average Bonchev–Trinajstić information content (AvgIpc) is 2.59. The van der Waals surface area contributed by atoms with E-state index in [0.29, 0.717) is 5.56 Å². The van der Waals surface area contributed by atoms with Crippen LogP contribution in [-0.4, -0.2) is 17.1 Å². The van der Waals surface area contributed by atoms with Crippen molar-refractivity contribution >= 4 is 11.8 Å². The minimum Gasteiger partial charge on any atom is -0.444 e. The lowest BCUT2D eigenvalue weighted by Gasteiger charge is -2.19. The summed E-state index contributed by atoms with van der Waals surface area (Å²) in [6, 6.07) is 6.46. The van der Waals surface area contributed by atoms with Gasteiger partial charge < -0.3 is 10.1 Å². The van der Waals surface area contributed by atoms with Gasteiger partial charge in [-0.2, -0.15) is 0 Å². The highest BCUT2D eigenvalue weighted by Crippen LogP contribution is 2.19. The van der Waals surface area contributed by atoms with Crippen LogP contribution in [0.1, 0.15) is 63.4 Å². The number of nitro benzene ring substituents is 1. The van der Waals surface area contributed by atoms with E-state index in [-0.39, 0.29) is 18.3 Å². The minimum atomic E-state index is -0.491. The molecular weight excluding hydrogens is 308 g/mol. The fraction of sp³-hybridized carbons (Fsp3) is 0.611. The minimum absolute atomic E-state index is 0.0241. The number of benzene rings is 1. The Hall–Kier alpha value is -2.11. The van der Waals surface area contributed by atoms with Crippen molar-refractivity contribution in [2.24, 2.45) is 0 Å². The highest BCUT2D eigenvalue weighted by molar-refractivity contribution is 5.67. The van der Waals surface area contributed by atoms with Crippen molar-refractivity contribution in [1.29, 1.82) is 0 Å². The van der Waals surface area contributed by atoms with E-state index in [0.717, 1.165) is 25.7 Å². The second-order valence-corrected chi connectivity index (χ2v) is 6.36. The SMILES string of the molecule is O=C(NC1CCCCCCCCC1)OCc1ccccc1[N+](=O)[O-]. The smallest absolute Gasteiger partial charge is 0.407 e. The number of nitrogens with one attached hydrogen (secondary N) is 1. The first-order valence-corrected chi connectivity index (χ1v) is 8.82. The molecule has 0 radical (unpaired) electrons. The maximum absolute atomic E-state index is 12.0. The van der Waals surface area contributed by atoms with Crippen LogP contribution in [0.25, 0.3) is 0 Å². The van der Waals surface area contributed by atoms with Gasteiger partial charge in [0.05, 0.1) is 10.5 Å². The molecule has 0 saturated heterocycles. The van der Waals surface area contributed by atoms with Gasteiger partial charge in [0.1, 0.15) is 6.61 Å². The van der Waals surface area contributed by atoms with Crippen molar-refractivity contribution in [3.05, 3.63) is 39.9 Å². The van der Waals surface area contributed by atoms with Crippen molar-refractivity contribution in [3.8, 4) is 0 Å². The first kappa shape index (κ1) is 18.2. The summed E-state index contributed by atoms with van der Waals surface area (Å²) < 4.78 is 5.20. The summed E-state index contributed by atoms with van der Waals surface area (Å²) in [5, 5.41) is 13.9. The number of carbonyl (C=O) groups excluding carboxylic acids is 1. The van der Waals surface area contributed by atoms with Crippen LogP contribution < -0.4 is 5.32 Å². The van der Waals surface area contributed by atoms with Gasteiger partial charge in [0.15, 0.2) is 0 Å². The van der Waals surface area contributed by atoms with Crippen molar-refractivity contribution in [1.82, 2.24) is 5.32 Å². The number of hydrogen-bond donors (Lipinski definition) is 1. The zero-order valence-electron chi connectivity index (χ0n) is 14.0. The van der Waals surface area contributed by atoms with Crippen LogP contribution in [0.15, 0.2) is 24.3 Å². The Bertz CT molecular complexity index is 538. The first-order valence-electron chi connectivity index (χ1n) is 8.82. The molecule has 1 aliphatic carbocycles. The van der Waals surface area contributed by atoms with Crippen LogP contribution in [0.3, 0.4) is 0 Å². The Kier molecular flexibility index (Phi) is 7.52. The number of rotatable bonds is 4. The normalized spacial score (nSPS) is 17.0. The van der Waals surface area contributed by atoms with E-state index in [4.69, 9.17) is 4.74 Å². The summed E-state index contributed by atoms with van der Waals surface area (Å²) in [5.41, 5.74) is 0.382. The van der Waals surface area contributed by atoms with Crippen molar-refractivity contribution < 1.29 is 14.5 Å². The van der Waals surface area contributed by atoms with Crippen LogP contribution in [0, 0.1) is 10.1 Å². The zero-order chi connectivity index (χ0) is 17.2. The Balaban J connectivity index is 1.82. The third-order valence-corrected chi connectivity index (χ3v) is 4.47. The van der Waals surface area contributed by atoms with E-state index in [1.165, 1.54) is 38.2 Å². The molecule has 0 bridgehead atoms. The molecule has 0 atom stereocenters. The van der Waals surface area contributed by atoms with Gasteiger partial charge >= 0.3 is 6.09 Å². The Morgan fingerprint density at radius 1 is 1.08 bits per heavy atom. The molecule has 1 fully saturated rings. The Morgan fingerprint density at radius 3 is 2.29 bits per heavy atom. The van der Waals surface area contributed by atoms with Gasteiger partial charge in [0.2, 0.25) is 0 Å². The molecule has 1 saturated carbocycles. The monoisotopic (exact) mass is 334 g/mol. The predicted octanol–water partition coefficient (Wildman–Crippen LogP) is 4.71. The number of nitrogens with zero attached hydrogens (tertiary/aromatic N) is 1. The van der Waals surface area contributed by atoms with E-state index < -0.39 is 11.0 Å². The van der Waals surface area contributed by atoms with E-state index in [1.807, 2.05) is 0 Å². The Morgan fingerprint density at radius 2 is 1.67 bits per heavy atom. The summed E-state index contributed by atoms with van der Waals surface area (Å²) in [5.74, 6) is 0. The number of carbonyl (C=O) groups is 1. The van der Waals surface area contributed by atoms with Gasteiger partial charge in [-0.05, 0) is 18.9 Å². The molecule has 1 aliphatic rings. The van der Waals surface area contributed by atoms with Crippen LogP contribution in [-0.2, 0) is 11.3 Å².